The lowest BCUT2D eigenvalue weighted by Crippen LogP contribution is -2.46. The van der Waals surface area contributed by atoms with Crippen molar-refractivity contribution in [1.29, 1.82) is 0 Å². The first-order valence-electron chi connectivity index (χ1n) is 25.5. The molecule has 1 amide bonds. The minimum atomic E-state index is -0.810. The molecule has 0 aliphatic heterocycles. The Balaban J connectivity index is 4.67. The molecule has 0 saturated carbocycles. The van der Waals surface area contributed by atoms with Crippen molar-refractivity contribution < 1.29 is 24.5 Å². The number of esters is 1. The highest BCUT2D eigenvalue weighted by atomic mass is 16.5. The molecule has 60 heavy (non-hydrogen) atoms. The second-order valence-corrected chi connectivity index (χ2v) is 17.2. The van der Waals surface area contributed by atoms with Crippen LogP contribution in [0.25, 0.3) is 0 Å². The third-order valence-electron chi connectivity index (χ3n) is 11.4. The van der Waals surface area contributed by atoms with Gasteiger partial charge in [-0.2, -0.15) is 0 Å². The van der Waals surface area contributed by atoms with Crippen LogP contribution >= 0.6 is 0 Å². The number of rotatable bonds is 45. The molecule has 3 atom stereocenters. The van der Waals surface area contributed by atoms with E-state index in [9.17, 15) is 19.8 Å². The first-order chi connectivity index (χ1) is 29.5. The standard InChI is InChI=1S/C54H97NO5/c1-4-7-10-13-16-19-21-23-25-26-28-30-32-35-38-41-44-47-54(59)60-50(45-42-39-36-34-31-29-27-24-22-20-17-14-11-8-5-2)48-53(58)55-51(49-56)52(57)46-43-40-37-33-18-15-12-9-6-3/h8,11,17,20,24,27,31,34,39,42,50-52,56-57H,4-7,9-10,12-16,18-19,21-23,25-26,28-30,32-33,35-38,40-41,43-49H2,1-3H3,(H,55,58)/b11-8-,20-17-,27-24-,34-31-,42-39-. The minimum absolute atomic E-state index is 0.000347. The van der Waals surface area contributed by atoms with Crippen molar-refractivity contribution in [1.82, 2.24) is 5.32 Å². The highest BCUT2D eigenvalue weighted by molar-refractivity contribution is 5.77. The van der Waals surface area contributed by atoms with E-state index in [0.717, 1.165) is 70.6 Å². The molecule has 3 unspecified atom stereocenters. The summed E-state index contributed by atoms with van der Waals surface area (Å²) in [6.07, 6.45) is 58.8. The number of ether oxygens (including phenoxy) is 1. The number of aliphatic hydroxyl groups is 2. The molecule has 6 nitrogen and oxygen atoms in total. The van der Waals surface area contributed by atoms with E-state index in [2.05, 4.69) is 74.7 Å². The molecule has 0 saturated heterocycles. The van der Waals surface area contributed by atoms with Gasteiger partial charge in [0.25, 0.3) is 0 Å². The van der Waals surface area contributed by atoms with E-state index >= 15 is 0 Å². The van der Waals surface area contributed by atoms with Crippen molar-refractivity contribution in [3.63, 3.8) is 0 Å². The lowest BCUT2D eigenvalue weighted by Gasteiger charge is -2.24. The van der Waals surface area contributed by atoms with Gasteiger partial charge in [0.1, 0.15) is 6.10 Å². The smallest absolute Gasteiger partial charge is 0.306 e. The molecule has 3 N–H and O–H groups in total. The molecule has 0 bridgehead atoms. The normalized spacial score (nSPS) is 13.8. The first-order valence-corrected chi connectivity index (χ1v) is 25.5. The van der Waals surface area contributed by atoms with Crippen LogP contribution in [-0.2, 0) is 14.3 Å². The van der Waals surface area contributed by atoms with Crippen molar-refractivity contribution in [2.45, 2.75) is 264 Å². The molecular weight excluding hydrogens is 743 g/mol. The Morgan fingerprint density at radius 3 is 1.27 bits per heavy atom. The molecule has 0 aromatic carbocycles. The Labute approximate surface area is 371 Å². The van der Waals surface area contributed by atoms with Crippen LogP contribution in [0.4, 0.5) is 0 Å². The molecule has 348 valence electrons. The van der Waals surface area contributed by atoms with Gasteiger partial charge in [-0.05, 0) is 44.9 Å². The summed E-state index contributed by atoms with van der Waals surface area (Å²) in [6.45, 7) is 6.33. The Hall–Kier alpha value is -2.44. The molecule has 0 fully saturated rings. The van der Waals surface area contributed by atoms with Gasteiger partial charge >= 0.3 is 5.97 Å². The third-order valence-corrected chi connectivity index (χ3v) is 11.4. The van der Waals surface area contributed by atoms with Crippen LogP contribution < -0.4 is 5.32 Å². The second kappa shape index (κ2) is 47.6. The number of amides is 1. The van der Waals surface area contributed by atoms with Crippen LogP contribution in [0.3, 0.4) is 0 Å². The Kier molecular flexibility index (Phi) is 45.7. The number of unbranched alkanes of at least 4 members (excludes halogenated alkanes) is 24. The maximum Gasteiger partial charge on any atom is 0.306 e. The molecule has 0 aliphatic carbocycles. The van der Waals surface area contributed by atoms with Gasteiger partial charge in [-0.25, -0.2) is 0 Å². The van der Waals surface area contributed by atoms with E-state index < -0.39 is 18.2 Å². The number of nitrogens with one attached hydrogen (secondary N) is 1. The van der Waals surface area contributed by atoms with E-state index in [1.807, 2.05) is 12.2 Å². The van der Waals surface area contributed by atoms with Crippen molar-refractivity contribution >= 4 is 11.9 Å². The lowest BCUT2D eigenvalue weighted by atomic mass is 10.0. The van der Waals surface area contributed by atoms with Crippen LogP contribution in [0.5, 0.6) is 0 Å². The molecule has 0 spiro atoms. The molecule has 0 heterocycles. The molecule has 0 aromatic rings. The van der Waals surface area contributed by atoms with Gasteiger partial charge in [-0.15, -0.1) is 0 Å². The number of hydrogen-bond donors (Lipinski definition) is 3. The molecule has 0 radical (unpaired) electrons. The number of aliphatic hydroxyl groups excluding tert-OH is 2. The fourth-order valence-corrected chi connectivity index (χ4v) is 7.51. The summed E-state index contributed by atoms with van der Waals surface area (Å²) in [6, 6.07) is -0.730. The maximum atomic E-state index is 13.1. The molecular formula is C54H97NO5. The highest BCUT2D eigenvalue weighted by Crippen LogP contribution is 2.17. The van der Waals surface area contributed by atoms with Crippen molar-refractivity contribution in [3.05, 3.63) is 60.8 Å². The van der Waals surface area contributed by atoms with Crippen LogP contribution in [-0.4, -0.2) is 46.9 Å². The number of allylic oxidation sites excluding steroid dienone is 9. The van der Waals surface area contributed by atoms with Crippen LogP contribution in [0.15, 0.2) is 60.8 Å². The van der Waals surface area contributed by atoms with Gasteiger partial charge in [-0.3, -0.25) is 9.59 Å². The summed E-state index contributed by atoms with van der Waals surface area (Å²) >= 11 is 0. The second-order valence-electron chi connectivity index (χ2n) is 17.2. The highest BCUT2D eigenvalue weighted by Gasteiger charge is 2.23. The average molecular weight is 840 g/mol. The lowest BCUT2D eigenvalue weighted by molar-refractivity contribution is -0.150. The van der Waals surface area contributed by atoms with Gasteiger partial charge in [0.2, 0.25) is 5.91 Å². The third kappa shape index (κ3) is 42.3. The summed E-state index contributed by atoms with van der Waals surface area (Å²) < 4.78 is 5.87. The van der Waals surface area contributed by atoms with Gasteiger partial charge < -0.3 is 20.3 Å². The van der Waals surface area contributed by atoms with E-state index in [1.54, 1.807) is 0 Å². The van der Waals surface area contributed by atoms with E-state index in [-0.39, 0.29) is 24.9 Å². The van der Waals surface area contributed by atoms with Gasteiger partial charge in [0.05, 0.1) is 25.2 Å². The summed E-state index contributed by atoms with van der Waals surface area (Å²) in [5, 5.41) is 23.6. The topological polar surface area (TPSA) is 95.9 Å². The van der Waals surface area contributed by atoms with Crippen LogP contribution in [0.1, 0.15) is 245 Å². The maximum absolute atomic E-state index is 13.1. The molecule has 0 rings (SSSR count). The van der Waals surface area contributed by atoms with E-state index in [1.165, 1.54) is 128 Å². The fourth-order valence-electron chi connectivity index (χ4n) is 7.51. The zero-order chi connectivity index (χ0) is 43.8. The Morgan fingerprint density at radius 2 is 0.867 bits per heavy atom. The van der Waals surface area contributed by atoms with Crippen molar-refractivity contribution in [3.8, 4) is 0 Å². The van der Waals surface area contributed by atoms with Gasteiger partial charge in [0.15, 0.2) is 0 Å². The summed E-state index contributed by atoms with van der Waals surface area (Å²) in [5.41, 5.74) is 0. The largest absolute Gasteiger partial charge is 0.461 e. The average Bonchev–Trinajstić information content (AvgIpc) is 3.24. The number of carbonyl (C=O) groups is 2. The molecule has 6 heteroatoms. The van der Waals surface area contributed by atoms with Crippen molar-refractivity contribution in [2.75, 3.05) is 6.61 Å². The first kappa shape index (κ1) is 57.6. The Bertz CT molecular complexity index is 1080. The quantitative estimate of drug-likeness (QED) is 0.0322. The van der Waals surface area contributed by atoms with Crippen LogP contribution in [0.2, 0.25) is 0 Å². The number of hydrogen-bond acceptors (Lipinski definition) is 5. The fraction of sp³-hybridized carbons (Fsp3) is 0.778. The van der Waals surface area contributed by atoms with E-state index in [4.69, 9.17) is 4.74 Å². The van der Waals surface area contributed by atoms with Crippen LogP contribution in [0, 0.1) is 0 Å². The zero-order valence-electron chi connectivity index (χ0n) is 39.6. The molecule has 0 aromatic heterocycles. The van der Waals surface area contributed by atoms with Gasteiger partial charge in [0, 0.05) is 12.8 Å². The zero-order valence-corrected chi connectivity index (χ0v) is 39.6. The summed E-state index contributed by atoms with van der Waals surface area (Å²) in [5.74, 6) is -0.576. The number of carbonyl (C=O) groups excluding carboxylic acids is 2. The summed E-state index contributed by atoms with van der Waals surface area (Å²) in [4.78, 5) is 26.1. The minimum Gasteiger partial charge on any atom is -0.461 e. The monoisotopic (exact) mass is 840 g/mol. The Morgan fingerprint density at radius 1 is 0.500 bits per heavy atom. The molecule has 0 aliphatic rings. The summed E-state index contributed by atoms with van der Waals surface area (Å²) in [7, 11) is 0. The van der Waals surface area contributed by atoms with Crippen molar-refractivity contribution in [2.24, 2.45) is 0 Å². The predicted octanol–water partition coefficient (Wildman–Crippen LogP) is 15.2. The van der Waals surface area contributed by atoms with Gasteiger partial charge in [-0.1, -0.05) is 242 Å². The predicted molar refractivity (Wildman–Crippen MR) is 259 cm³/mol. The van der Waals surface area contributed by atoms with E-state index in [0.29, 0.717) is 19.3 Å². The SMILES string of the molecule is CC/C=C\C/C=C\C/C=C\C/C=C\C/C=C\CC(CC(=O)NC(CO)C(O)CCCCCCCCCCC)OC(=O)CCCCCCCCCCCCCCCCCCC.